The summed E-state index contributed by atoms with van der Waals surface area (Å²) in [5.74, 6) is 0.988. The fourth-order valence-electron chi connectivity index (χ4n) is 2.20. The fraction of sp³-hybridized carbons (Fsp3) is 0.615. The monoisotopic (exact) mass is 234 g/mol. The Hall–Kier alpha value is -1.45. The van der Waals surface area contributed by atoms with Gasteiger partial charge in [-0.2, -0.15) is 0 Å². The van der Waals surface area contributed by atoms with Crippen LogP contribution in [0.2, 0.25) is 0 Å². The summed E-state index contributed by atoms with van der Waals surface area (Å²) in [5.41, 5.74) is 2.25. The molecule has 0 fully saturated rings. The van der Waals surface area contributed by atoms with Crippen LogP contribution in [0, 0.1) is 18.8 Å². The lowest BCUT2D eigenvalue weighted by Gasteiger charge is -2.10. The summed E-state index contributed by atoms with van der Waals surface area (Å²) < 4.78 is 5.14. The van der Waals surface area contributed by atoms with E-state index in [2.05, 4.69) is 24.0 Å². The number of aromatic nitrogens is 1. The third-order valence-corrected chi connectivity index (χ3v) is 2.98. The summed E-state index contributed by atoms with van der Waals surface area (Å²) in [5, 5.41) is 3.84. The number of aryl methyl sites for hydroxylation is 1. The van der Waals surface area contributed by atoms with Gasteiger partial charge in [0.25, 0.3) is 5.88 Å². The molecule has 0 saturated carbocycles. The van der Waals surface area contributed by atoms with E-state index in [1.807, 2.05) is 6.92 Å². The molecule has 0 radical (unpaired) electrons. The van der Waals surface area contributed by atoms with Gasteiger partial charge < -0.3 is 4.52 Å². The molecule has 2 heterocycles. The molecule has 0 aromatic carbocycles. The summed E-state index contributed by atoms with van der Waals surface area (Å²) in [6.45, 7) is 8.02. The van der Waals surface area contributed by atoms with E-state index in [0.29, 0.717) is 23.1 Å². The second-order valence-electron chi connectivity index (χ2n) is 5.19. The zero-order valence-electron chi connectivity index (χ0n) is 10.8. The molecule has 4 heteroatoms. The van der Waals surface area contributed by atoms with Crippen molar-refractivity contribution in [3.63, 3.8) is 0 Å². The highest BCUT2D eigenvalue weighted by molar-refractivity contribution is 6.06. The van der Waals surface area contributed by atoms with Gasteiger partial charge in [0.15, 0.2) is 5.78 Å². The SMILES string of the molecule is Cc1noc2c1C(=O)C(C)CC(CC(C)C)=N2. The summed E-state index contributed by atoms with van der Waals surface area (Å²) in [7, 11) is 0. The first-order valence-electron chi connectivity index (χ1n) is 6.06. The Kier molecular flexibility index (Phi) is 3.13. The largest absolute Gasteiger partial charge is 0.335 e. The lowest BCUT2D eigenvalue weighted by molar-refractivity contribution is 0.0934. The van der Waals surface area contributed by atoms with Crippen LogP contribution >= 0.6 is 0 Å². The maximum Gasteiger partial charge on any atom is 0.261 e. The minimum atomic E-state index is -0.0353. The van der Waals surface area contributed by atoms with Crippen molar-refractivity contribution in [1.29, 1.82) is 0 Å². The first kappa shape index (κ1) is 12.0. The van der Waals surface area contributed by atoms with Gasteiger partial charge in [-0.05, 0) is 25.7 Å². The van der Waals surface area contributed by atoms with Crippen LogP contribution < -0.4 is 0 Å². The molecule has 0 N–H and O–H groups in total. The molecule has 1 atom stereocenters. The number of nitrogens with zero attached hydrogens (tertiary/aromatic N) is 2. The maximum atomic E-state index is 12.2. The predicted octanol–water partition coefficient (Wildman–Crippen LogP) is 3.32. The van der Waals surface area contributed by atoms with Crippen LogP contribution in [-0.4, -0.2) is 16.7 Å². The molecule has 1 aliphatic heterocycles. The van der Waals surface area contributed by atoms with Crippen molar-refractivity contribution in [1.82, 2.24) is 5.16 Å². The number of rotatable bonds is 2. The molecule has 1 aromatic heterocycles. The van der Waals surface area contributed by atoms with Gasteiger partial charge in [-0.15, -0.1) is 0 Å². The second kappa shape index (κ2) is 4.43. The molecule has 0 amide bonds. The summed E-state index contributed by atoms with van der Waals surface area (Å²) in [6.07, 6.45) is 1.62. The smallest absolute Gasteiger partial charge is 0.261 e. The van der Waals surface area contributed by atoms with Crippen molar-refractivity contribution in [3.8, 4) is 0 Å². The highest BCUT2D eigenvalue weighted by atomic mass is 16.5. The number of ketones is 1. The molecule has 92 valence electrons. The van der Waals surface area contributed by atoms with E-state index in [4.69, 9.17) is 4.52 Å². The van der Waals surface area contributed by atoms with Gasteiger partial charge in [0.2, 0.25) is 0 Å². The molecule has 1 aromatic rings. The Balaban J connectivity index is 2.42. The summed E-state index contributed by atoms with van der Waals surface area (Å²) in [4.78, 5) is 16.6. The highest BCUT2D eigenvalue weighted by Crippen LogP contribution is 2.31. The standard InChI is InChI=1S/C13H18N2O2/c1-7(2)5-10-6-8(3)12(16)11-9(4)15-17-13(11)14-10/h7-8H,5-6H2,1-4H3. The first-order valence-corrected chi connectivity index (χ1v) is 6.06. The lowest BCUT2D eigenvalue weighted by Crippen LogP contribution is -2.15. The van der Waals surface area contributed by atoms with Gasteiger partial charge in [-0.1, -0.05) is 25.9 Å². The van der Waals surface area contributed by atoms with Crippen LogP contribution in [0.5, 0.6) is 0 Å². The van der Waals surface area contributed by atoms with Crippen molar-refractivity contribution < 1.29 is 9.32 Å². The summed E-state index contributed by atoms with van der Waals surface area (Å²) >= 11 is 0. The predicted molar refractivity (Wildman–Crippen MR) is 65.9 cm³/mol. The number of hydrogen-bond acceptors (Lipinski definition) is 4. The van der Waals surface area contributed by atoms with E-state index in [0.717, 1.165) is 18.6 Å². The molecule has 2 rings (SSSR count). The zero-order valence-corrected chi connectivity index (χ0v) is 10.8. The number of carbonyl (C=O) groups is 1. The number of fused-ring (bicyclic) bond motifs is 1. The number of Topliss-reactive ketones (excluding diaryl/α,β-unsaturated/α-hetero) is 1. The number of hydrogen-bond donors (Lipinski definition) is 0. The topological polar surface area (TPSA) is 55.5 Å². The quantitative estimate of drug-likeness (QED) is 0.788. The van der Waals surface area contributed by atoms with Gasteiger partial charge in [0.1, 0.15) is 5.56 Å². The molecule has 0 bridgehead atoms. The van der Waals surface area contributed by atoms with Crippen LogP contribution in [0.3, 0.4) is 0 Å². The molecule has 0 saturated heterocycles. The third-order valence-electron chi connectivity index (χ3n) is 2.98. The first-order chi connectivity index (χ1) is 7.99. The van der Waals surface area contributed by atoms with E-state index in [-0.39, 0.29) is 11.7 Å². The van der Waals surface area contributed by atoms with E-state index in [1.165, 1.54) is 0 Å². The molecule has 1 aliphatic rings. The Morgan fingerprint density at radius 2 is 2.18 bits per heavy atom. The minimum Gasteiger partial charge on any atom is -0.335 e. The normalized spacial score (nSPS) is 20.2. The van der Waals surface area contributed by atoms with Crippen molar-refractivity contribution in [2.75, 3.05) is 0 Å². The van der Waals surface area contributed by atoms with Crippen LogP contribution in [0.25, 0.3) is 0 Å². The number of aliphatic imine (C=N–C) groups is 1. The van der Waals surface area contributed by atoms with Gasteiger partial charge in [-0.3, -0.25) is 4.79 Å². The lowest BCUT2D eigenvalue weighted by atomic mass is 9.93. The van der Waals surface area contributed by atoms with Gasteiger partial charge in [0.05, 0.1) is 5.69 Å². The molecular weight excluding hydrogens is 216 g/mol. The Labute approximate surface area is 101 Å². The Morgan fingerprint density at radius 3 is 2.82 bits per heavy atom. The molecule has 0 spiro atoms. The van der Waals surface area contributed by atoms with Crippen molar-refractivity contribution in [2.24, 2.45) is 16.8 Å². The van der Waals surface area contributed by atoms with Gasteiger partial charge in [0, 0.05) is 11.6 Å². The summed E-state index contributed by atoms with van der Waals surface area (Å²) in [6, 6.07) is 0. The van der Waals surface area contributed by atoms with Crippen molar-refractivity contribution in [2.45, 2.75) is 40.5 Å². The van der Waals surface area contributed by atoms with Gasteiger partial charge in [-0.25, -0.2) is 4.99 Å². The number of carbonyl (C=O) groups excluding carboxylic acids is 1. The van der Waals surface area contributed by atoms with Crippen LogP contribution in [0.1, 0.15) is 49.7 Å². The average Bonchev–Trinajstić information content (AvgIpc) is 2.52. The fourth-order valence-corrected chi connectivity index (χ4v) is 2.20. The molecule has 4 nitrogen and oxygen atoms in total. The van der Waals surface area contributed by atoms with Crippen LogP contribution in [-0.2, 0) is 0 Å². The van der Waals surface area contributed by atoms with Crippen molar-refractivity contribution >= 4 is 17.4 Å². The Bertz CT molecular complexity index is 472. The minimum absolute atomic E-state index is 0.0353. The molecule has 0 aliphatic carbocycles. The highest BCUT2D eigenvalue weighted by Gasteiger charge is 2.29. The zero-order chi connectivity index (χ0) is 12.6. The molecule has 17 heavy (non-hydrogen) atoms. The molecule has 1 unspecified atom stereocenters. The maximum absolute atomic E-state index is 12.2. The van der Waals surface area contributed by atoms with E-state index >= 15 is 0 Å². The molecular formula is C13H18N2O2. The van der Waals surface area contributed by atoms with Gasteiger partial charge >= 0.3 is 0 Å². The van der Waals surface area contributed by atoms with Crippen molar-refractivity contribution in [3.05, 3.63) is 11.3 Å². The second-order valence-corrected chi connectivity index (χ2v) is 5.19. The average molecular weight is 234 g/mol. The van der Waals surface area contributed by atoms with E-state index in [9.17, 15) is 4.79 Å². The Morgan fingerprint density at radius 1 is 1.47 bits per heavy atom. The van der Waals surface area contributed by atoms with Crippen LogP contribution in [0.4, 0.5) is 5.88 Å². The van der Waals surface area contributed by atoms with Crippen LogP contribution in [0.15, 0.2) is 9.52 Å². The third kappa shape index (κ3) is 2.30. The van der Waals surface area contributed by atoms with E-state index in [1.54, 1.807) is 6.92 Å². The van der Waals surface area contributed by atoms with E-state index < -0.39 is 0 Å².